The van der Waals surface area contributed by atoms with Gasteiger partial charge in [0, 0.05) is 32.1 Å². The van der Waals surface area contributed by atoms with Crippen LogP contribution in [-0.4, -0.2) is 67.3 Å². The predicted molar refractivity (Wildman–Crippen MR) is 128 cm³/mol. The molecule has 4 heterocycles. The monoisotopic (exact) mass is 503 g/mol. The summed E-state index contributed by atoms with van der Waals surface area (Å²) in [4.78, 5) is 19.9. The van der Waals surface area contributed by atoms with Crippen molar-refractivity contribution in [2.75, 3.05) is 29.9 Å². The summed E-state index contributed by atoms with van der Waals surface area (Å²) < 4.78 is 36.4. The number of aliphatic hydroxyl groups is 1. The van der Waals surface area contributed by atoms with Gasteiger partial charge in [0.1, 0.15) is 11.4 Å². The van der Waals surface area contributed by atoms with E-state index < -0.39 is 18.0 Å². The second-order valence-corrected chi connectivity index (χ2v) is 9.79. The summed E-state index contributed by atoms with van der Waals surface area (Å²) in [6, 6.07) is 1.78. The highest BCUT2D eigenvalue weighted by Gasteiger charge is 2.28. The highest BCUT2D eigenvalue weighted by atomic mass is 19.3. The van der Waals surface area contributed by atoms with E-state index in [1.165, 1.54) is 21.6 Å². The molecule has 3 aromatic heterocycles. The van der Waals surface area contributed by atoms with Crippen molar-refractivity contribution in [1.29, 1.82) is 0 Å². The van der Waals surface area contributed by atoms with Gasteiger partial charge in [-0.05, 0) is 51.5 Å². The number of aromatic nitrogens is 5. The Morgan fingerprint density at radius 1 is 1.22 bits per heavy atom. The van der Waals surface area contributed by atoms with Gasteiger partial charge in [-0.25, -0.2) is 18.3 Å². The van der Waals surface area contributed by atoms with Gasteiger partial charge in [-0.1, -0.05) is 0 Å². The molecule has 1 saturated heterocycles. The molecule has 0 bridgehead atoms. The summed E-state index contributed by atoms with van der Waals surface area (Å²) in [5.41, 5.74) is 0.0346. The number of carbonyl (C=O) groups is 1. The smallest absolute Gasteiger partial charge is 0.284 e. The van der Waals surface area contributed by atoms with E-state index in [-0.39, 0.29) is 42.0 Å². The van der Waals surface area contributed by atoms with Crippen LogP contribution in [0, 0.1) is 5.92 Å². The lowest BCUT2D eigenvalue weighted by molar-refractivity contribution is -0.00545. The first-order valence-electron chi connectivity index (χ1n) is 12.4. The molecular weight excluding hydrogens is 472 g/mol. The lowest BCUT2D eigenvalue weighted by atomic mass is 9.87. The minimum atomic E-state index is -2.84. The van der Waals surface area contributed by atoms with E-state index in [4.69, 9.17) is 4.74 Å². The van der Waals surface area contributed by atoms with Gasteiger partial charge in [-0.15, -0.1) is 0 Å². The average Bonchev–Trinajstić information content (AvgIpc) is 3.47. The molecule has 5 rings (SSSR count). The SMILES string of the molecule is C[C@H]1CN(c2ccn3ncc(C(=O)Nc4cn([C@H]5CC[C@H](CO)CC5)nc4C(F)F)c3n2)C[C@H](C)O1. The molecule has 10 nitrogen and oxygen atoms in total. The number of nitrogens with zero attached hydrogens (tertiary/aromatic N) is 6. The third-order valence-corrected chi connectivity index (χ3v) is 7.01. The first-order valence-corrected chi connectivity index (χ1v) is 12.4. The average molecular weight is 504 g/mol. The first kappa shape index (κ1) is 24.6. The maximum atomic E-state index is 13.8. The zero-order valence-electron chi connectivity index (χ0n) is 20.3. The molecule has 0 radical (unpaired) electrons. The normalized spacial score (nSPS) is 25.0. The zero-order valence-corrected chi connectivity index (χ0v) is 20.3. The van der Waals surface area contributed by atoms with Gasteiger partial charge in [0.2, 0.25) is 0 Å². The number of aliphatic hydroxyl groups excluding tert-OH is 1. The Bertz CT molecular complexity index is 1210. The molecule has 36 heavy (non-hydrogen) atoms. The van der Waals surface area contributed by atoms with Crippen molar-refractivity contribution in [2.45, 2.75) is 64.2 Å². The summed E-state index contributed by atoms with van der Waals surface area (Å²) in [7, 11) is 0. The van der Waals surface area contributed by atoms with Crippen LogP contribution < -0.4 is 10.2 Å². The third-order valence-electron chi connectivity index (χ3n) is 7.01. The lowest BCUT2D eigenvalue weighted by Gasteiger charge is -2.36. The molecule has 2 N–H and O–H groups in total. The number of halogens is 2. The number of hydrogen-bond acceptors (Lipinski definition) is 7. The molecule has 12 heteroatoms. The molecule has 1 saturated carbocycles. The van der Waals surface area contributed by atoms with Crippen LogP contribution in [-0.2, 0) is 4.74 Å². The molecule has 1 amide bonds. The van der Waals surface area contributed by atoms with Gasteiger partial charge >= 0.3 is 0 Å². The molecule has 1 aliphatic carbocycles. The van der Waals surface area contributed by atoms with E-state index in [1.807, 2.05) is 19.9 Å². The number of amides is 1. The molecule has 1 aliphatic heterocycles. The van der Waals surface area contributed by atoms with Crippen LogP contribution in [0.4, 0.5) is 20.3 Å². The molecule has 194 valence electrons. The van der Waals surface area contributed by atoms with Crippen LogP contribution in [0.3, 0.4) is 0 Å². The summed E-state index contributed by atoms with van der Waals surface area (Å²) in [6.45, 7) is 5.46. The summed E-state index contributed by atoms with van der Waals surface area (Å²) >= 11 is 0. The highest BCUT2D eigenvalue weighted by Crippen LogP contribution is 2.34. The van der Waals surface area contributed by atoms with Crippen molar-refractivity contribution in [3.05, 3.63) is 35.9 Å². The summed E-state index contributed by atoms with van der Waals surface area (Å²) in [6.07, 6.45) is 4.93. The van der Waals surface area contributed by atoms with E-state index in [0.29, 0.717) is 24.6 Å². The lowest BCUT2D eigenvalue weighted by Crippen LogP contribution is -2.45. The van der Waals surface area contributed by atoms with Crippen LogP contribution in [0.5, 0.6) is 0 Å². The second-order valence-electron chi connectivity index (χ2n) is 9.79. The Labute approximate surface area is 207 Å². The molecule has 2 fully saturated rings. The van der Waals surface area contributed by atoms with E-state index in [2.05, 4.69) is 25.4 Å². The number of rotatable bonds is 6. The van der Waals surface area contributed by atoms with Crippen LogP contribution >= 0.6 is 0 Å². The summed E-state index contributed by atoms with van der Waals surface area (Å²) in [5.74, 6) is 0.352. The number of anilines is 2. The first-order chi connectivity index (χ1) is 17.3. The molecule has 2 atom stereocenters. The van der Waals surface area contributed by atoms with Gasteiger partial charge in [-0.2, -0.15) is 10.2 Å². The summed E-state index contributed by atoms with van der Waals surface area (Å²) in [5, 5.41) is 20.3. The quantitative estimate of drug-likeness (QED) is 0.530. The molecular formula is C24H31F2N7O3. The Morgan fingerprint density at radius 3 is 2.61 bits per heavy atom. The van der Waals surface area contributed by atoms with E-state index in [9.17, 15) is 18.7 Å². The fourth-order valence-corrected chi connectivity index (χ4v) is 5.19. The van der Waals surface area contributed by atoms with Crippen LogP contribution in [0.15, 0.2) is 24.7 Å². The minimum absolute atomic E-state index is 0.0226. The largest absolute Gasteiger partial charge is 0.396 e. The Morgan fingerprint density at radius 2 is 1.94 bits per heavy atom. The van der Waals surface area contributed by atoms with Crippen molar-refractivity contribution in [2.24, 2.45) is 5.92 Å². The van der Waals surface area contributed by atoms with Crippen LogP contribution in [0.25, 0.3) is 5.65 Å². The van der Waals surface area contributed by atoms with Gasteiger partial charge in [-0.3, -0.25) is 9.48 Å². The number of fused-ring (bicyclic) bond motifs is 1. The maximum absolute atomic E-state index is 13.8. The fraction of sp³-hybridized carbons (Fsp3) is 0.583. The standard InChI is InChI=1S/C24H31F2N7O3/c1-14-10-31(11-15(2)36-14)20-7-8-32-23(29-20)18(9-27-32)24(35)28-19-12-33(30-21(19)22(25)26)17-5-3-16(13-34)4-6-17/h7-9,12,14-17,22,34H,3-6,10-11,13H2,1-2H3,(H,28,35)/t14-,15-,16-,17-/m0/s1. The number of nitrogens with one attached hydrogen (secondary N) is 1. The topological polar surface area (TPSA) is 110 Å². The molecule has 2 aliphatic rings. The Kier molecular flexibility index (Phi) is 6.89. The maximum Gasteiger partial charge on any atom is 0.284 e. The van der Waals surface area contributed by atoms with Crippen molar-refractivity contribution in [1.82, 2.24) is 24.4 Å². The number of hydrogen-bond donors (Lipinski definition) is 2. The van der Waals surface area contributed by atoms with Crippen molar-refractivity contribution < 1.29 is 23.4 Å². The molecule has 0 spiro atoms. The molecule has 0 unspecified atom stereocenters. The van der Waals surface area contributed by atoms with Gasteiger partial charge in [0.05, 0.1) is 30.1 Å². The second kappa shape index (κ2) is 10.1. The van der Waals surface area contributed by atoms with E-state index in [0.717, 1.165) is 25.7 Å². The van der Waals surface area contributed by atoms with Crippen molar-refractivity contribution >= 4 is 23.1 Å². The minimum Gasteiger partial charge on any atom is -0.396 e. The number of ether oxygens (including phenoxy) is 1. The van der Waals surface area contributed by atoms with Crippen molar-refractivity contribution in [3.63, 3.8) is 0 Å². The molecule has 3 aromatic rings. The zero-order chi connectivity index (χ0) is 25.4. The van der Waals surface area contributed by atoms with Gasteiger partial charge < -0.3 is 20.1 Å². The number of morpholine rings is 1. The van der Waals surface area contributed by atoms with E-state index in [1.54, 1.807) is 6.20 Å². The third kappa shape index (κ3) is 4.92. The Hall–Kier alpha value is -3.12. The van der Waals surface area contributed by atoms with Gasteiger partial charge in [0.15, 0.2) is 11.3 Å². The fourth-order valence-electron chi connectivity index (χ4n) is 5.19. The van der Waals surface area contributed by atoms with Crippen molar-refractivity contribution in [3.8, 4) is 0 Å². The van der Waals surface area contributed by atoms with Crippen LogP contribution in [0.2, 0.25) is 0 Å². The molecule has 0 aromatic carbocycles. The van der Waals surface area contributed by atoms with E-state index >= 15 is 0 Å². The van der Waals surface area contributed by atoms with Gasteiger partial charge in [0.25, 0.3) is 12.3 Å². The number of carbonyl (C=O) groups excluding carboxylic acids is 1. The van der Waals surface area contributed by atoms with Crippen LogP contribution in [0.1, 0.15) is 68.0 Å². The predicted octanol–water partition coefficient (Wildman–Crippen LogP) is 3.45. The highest BCUT2D eigenvalue weighted by molar-refractivity contribution is 6.08. The Balaban J connectivity index is 1.38. The number of alkyl halides is 2.